The largest absolute Gasteiger partial charge is 0.338 e. The predicted octanol–water partition coefficient (Wildman–Crippen LogP) is 3.78. The van der Waals surface area contributed by atoms with Crippen molar-refractivity contribution in [1.82, 2.24) is 15.0 Å². The summed E-state index contributed by atoms with van der Waals surface area (Å²) in [6, 6.07) is 16.3. The maximum Gasteiger partial charge on any atom is 0.138 e. The van der Waals surface area contributed by atoms with Crippen molar-refractivity contribution in [2.45, 2.75) is 0 Å². The van der Waals surface area contributed by atoms with E-state index in [0.29, 0.717) is 0 Å². The zero-order valence-corrected chi connectivity index (χ0v) is 10.2. The Hall–Kier alpha value is -2.68. The van der Waals surface area contributed by atoms with Crippen LogP contribution in [0.25, 0.3) is 33.2 Å². The molecule has 0 saturated carbocycles. The van der Waals surface area contributed by atoms with Gasteiger partial charge in [0.05, 0.1) is 11.0 Å². The molecule has 0 unspecified atom stereocenters. The van der Waals surface area contributed by atoms with Gasteiger partial charge in [0, 0.05) is 23.3 Å². The smallest absolute Gasteiger partial charge is 0.138 e. The van der Waals surface area contributed by atoms with E-state index in [2.05, 4.69) is 34.2 Å². The van der Waals surface area contributed by atoms with E-state index in [1.165, 1.54) is 0 Å². The van der Waals surface area contributed by atoms with Crippen LogP contribution in [0.2, 0.25) is 0 Å². The third kappa shape index (κ3) is 1.59. The van der Waals surface area contributed by atoms with Crippen LogP contribution >= 0.6 is 0 Å². The number of hydrogen-bond acceptors (Lipinski definition) is 2. The van der Waals surface area contributed by atoms with E-state index in [1.54, 1.807) is 6.20 Å². The molecule has 0 spiro atoms. The van der Waals surface area contributed by atoms with E-state index >= 15 is 0 Å². The van der Waals surface area contributed by atoms with Crippen LogP contribution < -0.4 is 0 Å². The fourth-order valence-corrected chi connectivity index (χ4v) is 2.37. The summed E-state index contributed by atoms with van der Waals surface area (Å²) in [6.07, 6.45) is 3.67. The van der Waals surface area contributed by atoms with Gasteiger partial charge in [0.25, 0.3) is 0 Å². The molecule has 0 aliphatic rings. The van der Waals surface area contributed by atoms with Gasteiger partial charge in [-0.15, -0.1) is 0 Å². The lowest BCUT2D eigenvalue weighted by Crippen LogP contribution is -1.78. The normalized spacial score (nSPS) is 11.2. The number of aromatic nitrogens is 3. The summed E-state index contributed by atoms with van der Waals surface area (Å²) in [4.78, 5) is 12.3. The van der Waals surface area contributed by atoms with Crippen molar-refractivity contribution >= 4 is 21.8 Å². The number of aromatic amines is 1. The maximum absolute atomic E-state index is 4.72. The van der Waals surface area contributed by atoms with Gasteiger partial charge in [-0.2, -0.15) is 0 Å². The van der Waals surface area contributed by atoms with Crippen molar-refractivity contribution in [3.63, 3.8) is 0 Å². The van der Waals surface area contributed by atoms with Crippen LogP contribution in [-0.4, -0.2) is 15.0 Å². The number of H-pyrrole nitrogens is 1. The molecule has 2 heterocycles. The van der Waals surface area contributed by atoms with Crippen molar-refractivity contribution in [2.75, 3.05) is 0 Å². The summed E-state index contributed by atoms with van der Waals surface area (Å²) >= 11 is 0. The molecule has 2 aromatic heterocycles. The monoisotopic (exact) mass is 245 g/mol. The van der Waals surface area contributed by atoms with Crippen molar-refractivity contribution in [3.8, 4) is 11.4 Å². The van der Waals surface area contributed by atoms with Gasteiger partial charge in [-0.05, 0) is 17.5 Å². The first-order chi connectivity index (χ1) is 9.42. The lowest BCUT2D eigenvalue weighted by atomic mass is 10.1. The summed E-state index contributed by atoms with van der Waals surface area (Å²) in [7, 11) is 0. The third-order valence-electron chi connectivity index (χ3n) is 3.32. The Morgan fingerprint density at radius 2 is 1.79 bits per heavy atom. The van der Waals surface area contributed by atoms with Gasteiger partial charge < -0.3 is 4.98 Å². The molecule has 19 heavy (non-hydrogen) atoms. The molecule has 0 aliphatic heterocycles. The first kappa shape index (κ1) is 10.3. The lowest BCUT2D eigenvalue weighted by molar-refractivity contribution is 1.33. The van der Waals surface area contributed by atoms with Crippen LogP contribution in [0.4, 0.5) is 0 Å². The fourth-order valence-electron chi connectivity index (χ4n) is 2.37. The molecule has 0 amide bonds. The molecule has 0 saturated heterocycles. The number of benzene rings is 2. The highest BCUT2D eigenvalue weighted by Gasteiger charge is 2.07. The minimum Gasteiger partial charge on any atom is -0.338 e. The van der Waals surface area contributed by atoms with E-state index in [9.17, 15) is 0 Å². The second kappa shape index (κ2) is 3.92. The molecule has 2 aromatic carbocycles. The fraction of sp³-hybridized carbons (Fsp3) is 0. The summed E-state index contributed by atoms with van der Waals surface area (Å²) < 4.78 is 0. The Balaban J connectivity index is 2.04. The number of rotatable bonds is 1. The lowest BCUT2D eigenvalue weighted by Gasteiger charge is -1.95. The van der Waals surface area contributed by atoms with Gasteiger partial charge in [0.15, 0.2) is 0 Å². The van der Waals surface area contributed by atoms with Crippen LogP contribution in [0.1, 0.15) is 0 Å². The number of hydrogen-bond donors (Lipinski definition) is 1. The highest BCUT2D eigenvalue weighted by Crippen LogP contribution is 2.26. The van der Waals surface area contributed by atoms with Gasteiger partial charge in [-0.25, -0.2) is 4.98 Å². The van der Waals surface area contributed by atoms with Crippen molar-refractivity contribution in [1.29, 1.82) is 0 Å². The van der Waals surface area contributed by atoms with Crippen LogP contribution in [0.5, 0.6) is 0 Å². The quantitative estimate of drug-likeness (QED) is 0.554. The Morgan fingerprint density at radius 3 is 2.68 bits per heavy atom. The molecule has 3 nitrogen and oxygen atoms in total. The maximum atomic E-state index is 4.72. The molecule has 4 rings (SSSR count). The van der Waals surface area contributed by atoms with Gasteiger partial charge in [0.1, 0.15) is 5.82 Å². The zero-order valence-electron chi connectivity index (χ0n) is 10.2. The van der Waals surface area contributed by atoms with Crippen LogP contribution in [0.15, 0.2) is 60.9 Å². The van der Waals surface area contributed by atoms with Crippen molar-refractivity contribution in [3.05, 3.63) is 60.9 Å². The van der Waals surface area contributed by atoms with Gasteiger partial charge in [0.2, 0.25) is 0 Å². The highest BCUT2D eigenvalue weighted by atomic mass is 14.9. The molecule has 1 N–H and O–H groups in total. The van der Waals surface area contributed by atoms with Crippen molar-refractivity contribution < 1.29 is 0 Å². The Labute approximate surface area is 110 Å². The van der Waals surface area contributed by atoms with E-state index in [1.807, 2.05) is 30.5 Å². The van der Waals surface area contributed by atoms with E-state index < -0.39 is 0 Å². The van der Waals surface area contributed by atoms with Crippen LogP contribution in [-0.2, 0) is 0 Å². The van der Waals surface area contributed by atoms with E-state index in [4.69, 9.17) is 4.98 Å². The minimum atomic E-state index is 0.895. The Morgan fingerprint density at radius 1 is 0.895 bits per heavy atom. The number of pyridine rings is 1. The molecule has 3 heteroatoms. The highest BCUT2D eigenvalue weighted by molar-refractivity contribution is 6.04. The van der Waals surface area contributed by atoms with Crippen molar-refractivity contribution in [2.24, 2.45) is 0 Å². The number of nitrogens with one attached hydrogen (secondary N) is 1. The third-order valence-corrected chi connectivity index (χ3v) is 3.32. The second-order valence-corrected chi connectivity index (χ2v) is 4.51. The van der Waals surface area contributed by atoms with Gasteiger partial charge >= 0.3 is 0 Å². The van der Waals surface area contributed by atoms with Gasteiger partial charge in [-0.1, -0.05) is 36.4 Å². The number of fused-ring (bicyclic) bond motifs is 3. The summed E-state index contributed by atoms with van der Waals surface area (Å²) in [6.45, 7) is 0. The molecule has 90 valence electrons. The minimum absolute atomic E-state index is 0.895. The molecule has 0 radical (unpaired) electrons. The van der Waals surface area contributed by atoms with Gasteiger partial charge in [-0.3, -0.25) is 4.98 Å². The van der Waals surface area contributed by atoms with E-state index in [-0.39, 0.29) is 0 Å². The topological polar surface area (TPSA) is 41.6 Å². The standard InChI is InChI=1S/C16H11N3/c1-2-4-12(5-3-1)16-18-14-7-6-11-8-9-17-10-13(11)15(14)19-16/h1-10H,(H,18,19). The summed E-state index contributed by atoms with van der Waals surface area (Å²) in [5.74, 6) is 0.895. The Kier molecular flexibility index (Phi) is 2.12. The average molecular weight is 245 g/mol. The molecule has 0 fully saturated rings. The SMILES string of the molecule is c1ccc(-c2nc3c(ccc4ccncc43)[nH]2)cc1. The molecular formula is C16H11N3. The summed E-state index contributed by atoms with van der Waals surface area (Å²) in [5.41, 5.74) is 3.11. The first-order valence-electron chi connectivity index (χ1n) is 6.20. The van der Waals surface area contributed by atoms with Crippen LogP contribution in [0.3, 0.4) is 0 Å². The zero-order chi connectivity index (χ0) is 12.7. The Bertz CT molecular complexity index is 863. The molecule has 0 bridgehead atoms. The average Bonchev–Trinajstić information content (AvgIpc) is 2.93. The number of nitrogens with zero attached hydrogens (tertiary/aromatic N) is 2. The molecule has 0 aliphatic carbocycles. The molecule has 0 atom stereocenters. The van der Waals surface area contributed by atoms with Crippen LogP contribution in [0, 0.1) is 0 Å². The summed E-state index contributed by atoms with van der Waals surface area (Å²) in [5, 5.41) is 2.24. The first-order valence-corrected chi connectivity index (χ1v) is 6.20. The molecule has 4 aromatic rings. The second-order valence-electron chi connectivity index (χ2n) is 4.51. The number of imidazole rings is 1. The molecular weight excluding hydrogens is 234 g/mol. The van der Waals surface area contributed by atoms with E-state index in [0.717, 1.165) is 33.2 Å². The predicted molar refractivity (Wildman–Crippen MR) is 76.8 cm³/mol.